The first-order chi connectivity index (χ1) is 11.3. The number of amides is 1. The van der Waals surface area contributed by atoms with Crippen LogP contribution in [0, 0.1) is 0 Å². The van der Waals surface area contributed by atoms with E-state index in [4.69, 9.17) is 4.74 Å². The summed E-state index contributed by atoms with van der Waals surface area (Å²) in [6.45, 7) is 11.6. The predicted molar refractivity (Wildman–Crippen MR) is 105 cm³/mol. The number of benzene rings is 1. The second-order valence-electron chi connectivity index (χ2n) is 8.41. The van der Waals surface area contributed by atoms with Crippen LogP contribution in [0.15, 0.2) is 30.3 Å². The molecule has 1 rings (SSSR count). The van der Waals surface area contributed by atoms with E-state index < -0.39 is 29.8 Å². The number of sulfonamides is 1. The fraction of sp³-hybridized carbons (Fsp3) is 0.611. The maximum atomic E-state index is 12.8. The van der Waals surface area contributed by atoms with Gasteiger partial charge in [-0.25, -0.2) is 17.5 Å². The van der Waals surface area contributed by atoms with Crippen LogP contribution in [0.1, 0.15) is 26.3 Å². The van der Waals surface area contributed by atoms with Crippen molar-refractivity contribution in [1.29, 1.82) is 0 Å². The van der Waals surface area contributed by atoms with Gasteiger partial charge in [-0.15, -0.1) is 0 Å². The summed E-state index contributed by atoms with van der Waals surface area (Å²) in [5.74, 6) is -0.0171. The Kier molecular flexibility index (Phi) is 7.25. The normalized spacial score (nSPS) is 12.7. The van der Waals surface area contributed by atoms with Gasteiger partial charge in [0.05, 0.1) is 5.75 Å². The average molecular weight is 386 g/mol. The van der Waals surface area contributed by atoms with E-state index in [0.717, 1.165) is 9.87 Å². The average Bonchev–Trinajstić information content (AvgIpc) is 2.44. The van der Waals surface area contributed by atoms with Gasteiger partial charge in [-0.2, -0.15) is 0 Å². The van der Waals surface area contributed by atoms with Crippen molar-refractivity contribution in [3.63, 3.8) is 0 Å². The summed E-state index contributed by atoms with van der Waals surface area (Å²) in [5, 5.41) is 0. The second kappa shape index (κ2) is 8.36. The van der Waals surface area contributed by atoms with E-state index in [9.17, 15) is 13.2 Å². The van der Waals surface area contributed by atoms with Crippen LogP contribution in [-0.4, -0.2) is 44.8 Å². The Labute approximate surface area is 153 Å². The lowest BCUT2D eigenvalue weighted by molar-refractivity contribution is 0.0392. The molecule has 0 aromatic heterocycles. The van der Waals surface area contributed by atoms with E-state index in [1.807, 2.05) is 30.3 Å². The second-order valence-corrected chi connectivity index (χ2v) is 16.0. The van der Waals surface area contributed by atoms with E-state index >= 15 is 0 Å². The van der Waals surface area contributed by atoms with Crippen LogP contribution in [0.2, 0.25) is 25.7 Å². The molecule has 0 unspecified atom stereocenters. The first-order valence-electron chi connectivity index (χ1n) is 8.57. The molecule has 7 heteroatoms. The number of rotatable bonds is 7. The highest BCUT2D eigenvalue weighted by Gasteiger charge is 2.32. The fourth-order valence-electron chi connectivity index (χ4n) is 2.08. The van der Waals surface area contributed by atoms with Crippen LogP contribution in [0.25, 0.3) is 0 Å². The molecule has 1 amide bonds. The zero-order valence-electron chi connectivity index (χ0n) is 16.2. The van der Waals surface area contributed by atoms with Gasteiger partial charge in [-0.05, 0) is 38.8 Å². The van der Waals surface area contributed by atoms with Crippen LogP contribution < -0.4 is 0 Å². The van der Waals surface area contributed by atoms with Gasteiger partial charge < -0.3 is 4.74 Å². The van der Waals surface area contributed by atoms with Crippen LogP contribution in [0.4, 0.5) is 4.79 Å². The monoisotopic (exact) mass is 385 g/mol. The highest BCUT2D eigenvalue weighted by Crippen LogP contribution is 2.17. The SMILES string of the molecule is CC(C)(C)OC(=O)N(CCc1ccccc1)S(=O)(=O)CC[Si](C)(C)C. The molecular formula is C18H31NO4SSi. The molecule has 5 nitrogen and oxygen atoms in total. The Balaban J connectivity index is 2.95. The van der Waals surface area contributed by atoms with E-state index in [1.165, 1.54) is 0 Å². The zero-order chi connectivity index (χ0) is 19.3. The molecule has 142 valence electrons. The standard InChI is InChI=1S/C18H31NO4SSi/c1-18(2,3)23-17(20)19(13-12-16-10-8-7-9-11-16)24(21,22)14-15-25(4,5)6/h7-11H,12-15H2,1-6H3. The number of carbonyl (C=O) groups excluding carboxylic acids is 1. The number of ether oxygens (including phenoxy) is 1. The number of carbonyl (C=O) groups is 1. The molecular weight excluding hydrogens is 354 g/mol. The fourth-order valence-corrected chi connectivity index (χ4v) is 6.41. The third kappa shape index (κ3) is 8.53. The van der Waals surface area contributed by atoms with Crippen LogP contribution in [-0.2, 0) is 21.2 Å². The molecule has 0 bridgehead atoms. The van der Waals surface area contributed by atoms with Gasteiger partial charge in [-0.1, -0.05) is 50.0 Å². The zero-order valence-corrected chi connectivity index (χ0v) is 18.0. The Hall–Kier alpha value is -1.34. The van der Waals surface area contributed by atoms with Crippen molar-refractivity contribution in [3.8, 4) is 0 Å². The molecule has 0 saturated heterocycles. The largest absolute Gasteiger partial charge is 0.443 e. The van der Waals surface area contributed by atoms with Gasteiger partial charge in [0.2, 0.25) is 10.0 Å². The van der Waals surface area contributed by atoms with Crippen LogP contribution in [0.3, 0.4) is 0 Å². The maximum Gasteiger partial charge on any atom is 0.424 e. The van der Waals surface area contributed by atoms with Crippen molar-refractivity contribution in [2.24, 2.45) is 0 Å². The highest BCUT2D eigenvalue weighted by molar-refractivity contribution is 7.89. The first-order valence-corrected chi connectivity index (χ1v) is 13.9. The number of hydrogen-bond donors (Lipinski definition) is 0. The van der Waals surface area contributed by atoms with Gasteiger partial charge in [0.25, 0.3) is 0 Å². The van der Waals surface area contributed by atoms with Crippen molar-refractivity contribution in [3.05, 3.63) is 35.9 Å². The first kappa shape index (κ1) is 21.7. The molecule has 0 N–H and O–H groups in total. The summed E-state index contributed by atoms with van der Waals surface area (Å²) < 4.78 is 31.8. The quantitative estimate of drug-likeness (QED) is 0.662. The minimum atomic E-state index is -3.70. The third-order valence-corrected chi connectivity index (χ3v) is 7.32. The third-order valence-electron chi connectivity index (χ3n) is 3.49. The van der Waals surface area contributed by atoms with Crippen LogP contribution >= 0.6 is 0 Å². The van der Waals surface area contributed by atoms with Gasteiger partial charge in [0.1, 0.15) is 5.60 Å². The van der Waals surface area contributed by atoms with Crippen molar-refractivity contribution in [2.75, 3.05) is 12.3 Å². The smallest absolute Gasteiger partial charge is 0.424 e. The summed E-state index contributed by atoms with van der Waals surface area (Å²) in [7, 11) is -5.24. The summed E-state index contributed by atoms with van der Waals surface area (Å²) in [6, 6.07) is 10.1. The van der Waals surface area contributed by atoms with Gasteiger partial charge >= 0.3 is 6.09 Å². The maximum absolute atomic E-state index is 12.8. The summed E-state index contributed by atoms with van der Waals surface area (Å²) in [6.07, 6.45) is -0.328. The topological polar surface area (TPSA) is 63.7 Å². The van der Waals surface area contributed by atoms with E-state index in [-0.39, 0.29) is 12.3 Å². The predicted octanol–water partition coefficient (Wildman–Crippen LogP) is 4.13. The summed E-state index contributed by atoms with van der Waals surface area (Å²) >= 11 is 0. The molecule has 0 heterocycles. The van der Waals surface area contributed by atoms with Gasteiger partial charge in [0, 0.05) is 14.6 Å². The van der Waals surface area contributed by atoms with Crippen molar-refractivity contribution in [2.45, 2.75) is 58.5 Å². The summed E-state index contributed by atoms with van der Waals surface area (Å²) in [5.41, 5.74) is 0.243. The lowest BCUT2D eigenvalue weighted by Crippen LogP contribution is -2.43. The Morgan fingerprint density at radius 2 is 1.68 bits per heavy atom. The highest BCUT2D eigenvalue weighted by atomic mass is 32.2. The minimum absolute atomic E-state index is 0.0171. The van der Waals surface area contributed by atoms with E-state index in [1.54, 1.807) is 20.8 Å². The molecule has 0 atom stereocenters. The Morgan fingerprint density at radius 1 is 1.12 bits per heavy atom. The molecule has 0 aliphatic carbocycles. The molecule has 25 heavy (non-hydrogen) atoms. The molecule has 1 aromatic carbocycles. The molecule has 0 saturated carbocycles. The lowest BCUT2D eigenvalue weighted by Gasteiger charge is -2.28. The van der Waals surface area contributed by atoms with Crippen molar-refractivity contribution >= 4 is 24.2 Å². The van der Waals surface area contributed by atoms with E-state index in [0.29, 0.717) is 12.5 Å². The van der Waals surface area contributed by atoms with Crippen molar-refractivity contribution in [1.82, 2.24) is 4.31 Å². The molecule has 0 fully saturated rings. The minimum Gasteiger partial charge on any atom is -0.443 e. The molecule has 0 spiro atoms. The Morgan fingerprint density at radius 3 is 2.16 bits per heavy atom. The number of hydrogen-bond acceptors (Lipinski definition) is 4. The molecule has 0 aliphatic rings. The summed E-state index contributed by atoms with van der Waals surface area (Å²) in [4.78, 5) is 12.5. The molecule has 0 radical (unpaired) electrons. The molecule has 0 aliphatic heterocycles. The lowest BCUT2D eigenvalue weighted by atomic mass is 10.1. The Bertz CT molecular complexity index is 661. The van der Waals surface area contributed by atoms with E-state index in [2.05, 4.69) is 19.6 Å². The molecule has 1 aromatic rings. The van der Waals surface area contributed by atoms with Crippen molar-refractivity contribution < 1.29 is 17.9 Å². The number of nitrogens with zero attached hydrogens (tertiary/aromatic N) is 1. The van der Waals surface area contributed by atoms with Gasteiger partial charge in [0.15, 0.2) is 0 Å². The van der Waals surface area contributed by atoms with Gasteiger partial charge in [-0.3, -0.25) is 0 Å². The van der Waals surface area contributed by atoms with Crippen LogP contribution in [0.5, 0.6) is 0 Å².